The minimum atomic E-state index is -0.894. The zero-order chi connectivity index (χ0) is 15.7. The van der Waals surface area contributed by atoms with Gasteiger partial charge in [0, 0.05) is 6.54 Å². The number of β-amino-alcohol motifs (C(OH)–C–C–N with tert-alkyl or cyclic N) is 1. The van der Waals surface area contributed by atoms with E-state index in [0.717, 1.165) is 23.3 Å². The highest BCUT2D eigenvalue weighted by Crippen LogP contribution is 2.27. The summed E-state index contributed by atoms with van der Waals surface area (Å²) in [5, 5.41) is 10.0. The van der Waals surface area contributed by atoms with Crippen molar-refractivity contribution in [3.63, 3.8) is 0 Å². The van der Waals surface area contributed by atoms with Gasteiger partial charge >= 0.3 is 6.03 Å². The molecule has 2 aliphatic rings. The number of rotatable bonds is 5. The second kappa shape index (κ2) is 5.96. The van der Waals surface area contributed by atoms with Crippen LogP contribution in [0.5, 0.6) is 5.75 Å². The van der Waals surface area contributed by atoms with Crippen molar-refractivity contribution in [2.75, 3.05) is 19.7 Å². The van der Waals surface area contributed by atoms with Gasteiger partial charge in [-0.05, 0) is 31.9 Å². The lowest BCUT2D eigenvalue weighted by Crippen LogP contribution is -2.41. The predicted molar refractivity (Wildman–Crippen MR) is 79.5 cm³/mol. The summed E-state index contributed by atoms with van der Waals surface area (Å²) < 4.78 is 5.48. The third-order valence-electron chi connectivity index (χ3n) is 4.14. The first-order chi connectivity index (χ1) is 10.6. The summed E-state index contributed by atoms with van der Waals surface area (Å²) in [5.41, 5.74) is 1.13. The number of hydrogen-bond donors (Lipinski definition) is 1. The van der Waals surface area contributed by atoms with Gasteiger partial charge in [0.2, 0.25) is 0 Å². The molecule has 1 N–H and O–H groups in total. The second-order valence-corrected chi connectivity index (χ2v) is 5.86. The van der Waals surface area contributed by atoms with Crippen LogP contribution < -0.4 is 4.74 Å². The lowest BCUT2D eigenvalue weighted by molar-refractivity contribution is -0.129. The SMILES string of the molecule is Cc1ccc(OCC(O)CN2C(=O)C3CCCN3C2=O)cc1. The fraction of sp³-hybridized carbons (Fsp3) is 0.500. The van der Waals surface area contributed by atoms with Gasteiger partial charge in [-0.2, -0.15) is 0 Å². The molecule has 3 amide bonds. The van der Waals surface area contributed by atoms with E-state index in [2.05, 4.69) is 0 Å². The van der Waals surface area contributed by atoms with Crippen molar-refractivity contribution in [3.05, 3.63) is 29.8 Å². The number of nitrogens with zero attached hydrogens (tertiary/aromatic N) is 2. The number of ether oxygens (including phenoxy) is 1. The topological polar surface area (TPSA) is 70.1 Å². The molecule has 2 unspecified atom stereocenters. The van der Waals surface area contributed by atoms with Crippen LogP contribution in [-0.2, 0) is 4.79 Å². The van der Waals surface area contributed by atoms with Crippen molar-refractivity contribution in [3.8, 4) is 5.75 Å². The van der Waals surface area contributed by atoms with Crippen molar-refractivity contribution in [2.24, 2.45) is 0 Å². The molecule has 118 valence electrons. The monoisotopic (exact) mass is 304 g/mol. The number of aryl methyl sites for hydroxylation is 1. The van der Waals surface area contributed by atoms with Crippen molar-refractivity contribution < 1.29 is 19.4 Å². The van der Waals surface area contributed by atoms with Crippen LogP contribution in [0.4, 0.5) is 4.79 Å². The molecule has 1 aromatic carbocycles. The van der Waals surface area contributed by atoms with E-state index < -0.39 is 6.10 Å². The van der Waals surface area contributed by atoms with E-state index in [1.807, 2.05) is 31.2 Å². The Kier molecular flexibility index (Phi) is 4.02. The Balaban J connectivity index is 1.53. The van der Waals surface area contributed by atoms with Crippen LogP contribution in [0.1, 0.15) is 18.4 Å². The Morgan fingerprint density at radius 3 is 2.73 bits per heavy atom. The van der Waals surface area contributed by atoms with Crippen molar-refractivity contribution in [2.45, 2.75) is 31.9 Å². The Labute approximate surface area is 129 Å². The number of aliphatic hydroxyl groups excluding tert-OH is 1. The molecular formula is C16H20N2O4. The van der Waals surface area contributed by atoms with E-state index in [1.54, 1.807) is 4.90 Å². The number of hydrogen-bond acceptors (Lipinski definition) is 4. The Morgan fingerprint density at radius 1 is 1.32 bits per heavy atom. The molecule has 1 aromatic rings. The van der Waals surface area contributed by atoms with Crippen LogP contribution in [0.25, 0.3) is 0 Å². The zero-order valence-electron chi connectivity index (χ0n) is 12.6. The molecule has 2 fully saturated rings. The smallest absolute Gasteiger partial charge is 0.327 e. The summed E-state index contributed by atoms with van der Waals surface area (Å²) in [6.07, 6.45) is 0.695. The highest BCUT2D eigenvalue weighted by molar-refractivity contribution is 6.04. The maximum atomic E-state index is 12.2. The molecule has 0 aromatic heterocycles. The van der Waals surface area contributed by atoms with Gasteiger partial charge in [0.05, 0.1) is 6.54 Å². The standard InChI is InChI=1S/C16H20N2O4/c1-11-4-6-13(7-5-11)22-10-12(19)9-18-15(20)14-3-2-8-17(14)16(18)21/h4-7,12,14,19H,2-3,8-10H2,1H3. The van der Waals surface area contributed by atoms with E-state index in [-0.39, 0.29) is 31.1 Å². The van der Waals surface area contributed by atoms with Crippen LogP contribution >= 0.6 is 0 Å². The fourth-order valence-electron chi connectivity index (χ4n) is 2.94. The summed E-state index contributed by atoms with van der Waals surface area (Å²) in [6.45, 7) is 2.64. The largest absolute Gasteiger partial charge is 0.491 e. The maximum Gasteiger partial charge on any atom is 0.327 e. The Hall–Kier alpha value is -2.08. The molecule has 0 bridgehead atoms. The minimum Gasteiger partial charge on any atom is -0.491 e. The maximum absolute atomic E-state index is 12.2. The summed E-state index contributed by atoms with van der Waals surface area (Å²) >= 11 is 0. The first-order valence-electron chi connectivity index (χ1n) is 7.56. The number of urea groups is 1. The third-order valence-corrected chi connectivity index (χ3v) is 4.14. The van der Waals surface area contributed by atoms with E-state index in [4.69, 9.17) is 4.74 Å². The van der Waals surface area contributed by atoms with Crippen molar-refractivity contribution in [1.82, 2.24) is 9.80 Å². The number of carbonyl (C=O) groups excluding carboxylic acids is 2. The number of imide groups is 1. The lowest BCUT2D eigenvalue weighted by Gasteiger charge is -2.19. The molecule has 2 heterocycles. The van der Waals surface area contributed by atoms with Crippen LogP contribution in [0.15, 0.2) is 24.3 Å². The summed E-state index contributed by atoms with van der Waals surface area (Å²) in [5.74, 6) is 0.459. The van der Waals surface area contributed by atoms with Crippen LogP contribution in [-0.4, -0.2) is 58.7 Å². The number of carbonyl (C=O) groups is 2. The van der Waals surface area contributed by atoms with Gasteiger partial charge in [0.25, 0.3) is 5.91 Å². The number of fused-ring (bicyclic) bond motifs is 1. The van der Waals surface area contributed by atoms with Gasteiger partial charge in [-0.15, -0.1) is 0 Å². The fourth-order valence-corrected chi connectivity index (χ4v) is 2.94. The molecule has 2 atom stereocenters. The highest BCUT2D eigenvalue weighted by Gasteiger charge is 2.47. The molecule has 0 radical (unpaired) electrons. The number of benzene rings is 1. The molecule has 2 aliphatic heterocycles. The molecule has 6 heteroatoms. The van der Waals surface area contributed by atoms with Crippen molar-refractivity contribution in [1.29, 1.82) is 0 Å². The molecular weight excluding hydrogens is 284 g/mol. The van der Waals surface area contributed by atoms with Crippen molar-refractivity contribution >= 4 is 11.9 Å². The average molecular weight is 304 g/mol. The summed E-state index contributed by atoms with van der Waals surface area (Å²) in [7, 11) is 0. The summed E-state index contributed by atoms with van der Waals surface area (Å²) in [4.78, 5) is 27.0. The van der Waals surface area contributed by atoms with Gasteiger partial charge in [-0.3, -0.25) is 9.69 Å². The normalized spacial score (nSPS) is 22.2. The lowest BCUT2D eigenvalue weighted by atomic mass is 10.2. The van der Waals surface area contributed by atoms with E-state index in [1.165, 1.54) is 0 Å². The zero-order valence-corrected chi connectivity index (χ0v) is 12.6. The van der Waals surface area contributed by atoms with Crippen LogP contribution in [0.2, 0.25) is 0 Å². The van der Waals surface area contributed by atoms with E-state index in [9.17, 15) is 14.7 Å². The first kappa shape index (κ1) is 14.8. The minimum absolute atomic E-state index is 0.0173. The van der Waals surface area contributed by atoms with Gasteiger partial charge < -0.3 is 14.7 Å². The molecule has 22 heavy (non-hydrogen) atoms. The first-order valence-corrected chi connectivity index (χ1v) is 7.56. The average Bonchev–Trinajstić information content (AvgIpc) is 3.07. The Morgan fingerprint density at radius 2 is 2.05 bits per heavy atom. The third kappa shape index (κ3) is 2.78. The van der Waals surface area contributed by atoms with E-state index in [0.29, 0.717) is 12.3 Å². The van der Waals surface area contributed by atoms with Gasteiger partial charge in [0.15, 0.2) is 0 Å². The molecule has 0 aliphatic carbocycles. The van der Waals surface area contributed by atoms with Crippen LogP contribution in [0, 0.1) is 6.92 Å². The number of amides is 3. The van der Waals surface area contributed by atoms with Gasteiger partial charge in [-0.1, -0.05) is 17.7 Å². The molecule has 2 saturated heterocycles. The predicted octanol–water partition coefficient (Wildman–Crippen LogP) is 1.16. The van der Waals surface area contributed by atoms with E-state index >= 15 is 0 Å². The molecule has 0 spiro atoms. The quantitative estimate of drug-likeness (QED) is 0.829. The van der Waals surface area contributed by atoms with Crippen LogP contribution in [0.3, 0.4) is 0 Å². The van der Waals surface area contributed by atoms with Gasteiger partial charge in [0.1, 0.15) is 24.5 Å². The molecule has 6 nitrogen and oxygen atoms in total. The molecule has 0 saturated carbocycles. The second-order valence-electron chi connectivity index (χ2n) is 5.86. The summed E-state index contributed by atoms with van der Waals surface area (Å²) in [6, 6.07) is 6.88. The van der Waals surface area contributed by atoms with Gasteiger partial charge in [-0.25, -0.2) is 4.79 Å². The molecule has 3 rings (SSSR count). The highest BCUT2D eigenvalue weighted by atomic mass is 16.5. The Bertz CT molecular complexity index is 550. The number of aliphatic hydroxyl groups is 1.